The molecule has 1 aromatic heterocycles. The molecule has 0 radical (unpaired) electrons. The van der Waals surface area contributed by atoms with Gasteiger partial charge >= 0.3 is 0 Å². The molecule has 0 spiro atoms. The molecule has 0 fully saturated rings. The van der Waals surface area contributed by atoms with Crippen molar-refractivity contribution in [3.05, 3.63) is 164 Å². The molecule has 42 heavy (non-hydrogen) atoms. The standard InChI is InChI=1S/C40H27NO/c1-4-12-28(13-5-1)30-20-24-37(36(27-30)29-14-6-2-7-15-29)41(32-16-8-3-9-17-32)33-22-23-34-31(26-33)21-25-39-40(34)35-18-10-11-19-38(35)42-39/h1-27H. The van der Waals surface area contributed by atoms with Crippen molar-refractivity contribution < 1.29 is 4.42 Å². The van der Waals surface area contributed by atoms with Crippen LogP contribution in [-0.2, 0) is 0 Å². The second-order valence-corrected chi connectivity index (χ2v) is 10.6. The Morgan fingerprint density at radius 1 is 0.405 bits per heavy atom. The van der Waals surface area contributed by atoms with E-state index < -0.39 is 0 Å². The zero-order chi connectivity index (χ0) is 27.9. The van der Waals surface area contributed by atoms with Crippen molar-refractivity contribution in [3.8, 4) is 22.3 Å². The highest BCUT2D eigenvalue weighted by Gasteiger charge is 2.19. The largest absolute Gasteiger partial charge is 0.456 e. The van der Waals surface area contributed by atoms with E-state index in [1.807, 2.05) is 12.1 Å². The number of nitrogens with zero attached hydrogens (tertiary/aromatic N) is 1. The molecular weight excluding hydrogens is 510 g/mol. The van der Waals surface area contributed by atoms with E-state index >= 15 is 0 Å². The van der Waals surface area contributed by atoms with Crippen molar-refractivity contribution in [2.45, 2.75) is 0 Å². The third kappa shape index (κ3) is 4.13. The minimum Gasteiger partial charge on any atom is -0.456 e. The summed E-state index contributed by atoms with van der Waals surface area (Å²) in [6, 6.07) is 58.0. The number of hydrogen-bond donors (Lipinski definition) is 0. The second-order valence-electron chi connectivity index (χ2n) is 10.6. The third-order valence-corrected chi connectivity index (χ3v) is 8.04. The quantitative estimate of drug-likeness (QED) is 0.217. The molecule has 0 bridgehead atoms. The summed E-state index contributed by atoms with van der Waals surface area (Å²) in [7, 11) is 0. The van der Waals surface area contributed by atoms with Gasteiger partial charge in [-0.25, -0.2) is 0 Å². The van der Waals surface area contributed by atoms with Crippen LogP contribution in [0.5, 0.6) is 0 Å². The molecule has 198 valence electrons. The van der Waals surface area contributed by atoms with Crippen LogP contribution in [0.15, 0.2) is 168 Å². The smallest absolute Gasteiger partial charge is 0.136 e. The molecule has 0 saturated carbocycles. The van der Waals surface area contributed by atoms with Gasteiger partial charge in [0.25, 0.3) is 0 Å². The molecular formula is C40H27NO. The van der Waals surface area contributed by atoms with Crippen molar-refractivity contribution in [3.63, 3.8) is 0 Å². The summed E-state index contributed by atoms with van der Waals surface area (Å²) in [6.07, 6.45) is 0. The molecule has 0 atom stereocenters. The van der Waals surface area contributed by atoms with E-state index in [9.17, 15) is 0 Å². The first-order valence-corrected chi connectivity index (χ1v) is 14.3. The van der Waals surface area contributed by atoms with Crippen LogP contribution in [0.2, 0.25) is 0 Å². The SMILES string of the molecule is c1ccc(-c2ccc(N(c3ccccc3)c3ccc4c(ccc5oc6ccccc6c54)c3)c(-c3ccccc3)c2)cc1. The number of para-hydroxylation sites is 2. The summed E-state index contributed by atoms with van der Waals surface area (Å²) >= 11 is 0. The van der Waals surface area contributed by atoms with Crippen molar-refractivity contribution in [1.29, 1.82) is 0 Å². The maximum Gasteiger partial charge on any atom is 0.136 e. The van der Waals surface area contributed by atoms with Gasteiger partial charge in [0.15, 0.2) is 0 Å². The molecule has 0 unspecified atom stereocenters. The fourth-order valence-corrected chi connectivity index (χ4v) is 6.07. The molecule has 0 N–H and O–H groups in total. The van der Waals surface area contributed by atoms with Crippen LogP contribution in [0.4, 0.5) is 17.1 Å². The average Bonchev–Trinajstić information content (AvgIpc) is 3.45. The Labute approximate surface area is 244 Å². The molecule has 0 aliphatic rings. The summed E-state index contributed by atoms with van der Waals surface area (Å²) in [5.74, 6) is 0. The van der Waals surface area contributed by atoms with Crippen LogP contribution < -0.4 is 4.90 Å². The van der Waals surface area contributed by atoms with Gasteiger partial charge in [0.05, 0.1) is 5.69 Å². The predicted octanol–water partition coefficient (Wildman–Crippen LogP) is 11.5. The van der Waals surface area contributed by atoms with Crippen LogP contribution in [0.25, 0.3) is 55.0 Å². The molecule has 8 rings (SSSR count). The highest BCUT2D eigenvalue weighted by Crippen LogP contribution is 2.44. The second kappa shape index (κ2) is 10.1. The van der Waals surface area contributed by atoms with E-state index in [0.717, 1.165) is 39.0 Å². The number of fused-ring (bicyclic) bond motifs is 5. The Balaban J connectivity index is 1.36. The van der Waals surface area contributed by atoms with E-state index in [2.05, 4.69) is 157 Å². The number of furan rings is 1. The zero-order valence-corrected chi connectivity index (χ0v) is 22.9. The summed E-state index contributed by atoms with van der Waals surface area (Å²) in [4.78, 5) is 2.37. The molecule has 0 aliphatic heterocycles. The van der Waals surface area contributed by atoms with Crippen LogP contribution >= 0.6 is 0 Å². The minimum absolute atomic E-state index is 0.916. The number of benzene rings is 7. The minimum atomic E-state index is 0.916. The van der Waals surface area contributed by atoms with Gasteiger partial charge in [-0.3, -0.25) is 0 Å². The lowest BCUT2D eigenvalue weighted by Gasteiger charge is -2.28. The van der Waals surface area contributed by atoms with E-state index in [0.29, 0.717) is 0 Å². The molecule has 0 amide bonds. The van der Waals surface area contributed by atoms with Crippen LogP contribution in [-0.4, -0.2) is 0 Å². The van der Waals surface area contributed by atoms with Gasteiger partial charge < -0.3 is 9.32 Å². The van der Waals surface area contributed by atoms with E-state index in [4.69, 9.17) is 4.42 Å². The van der Waals surface area contributed by atoms with Crippen LogP contribution in [0.3, 0.4) is 0 Å². The van der Waals surface area contributed by atoms with E-state index in [1.54, 1.807) is 0 Å². The Morgan fingerprint density at radius 3 is 1.88 bits per heavy atom. The first kappa shape index (κ1) is 24.2. The van der Waals surface area contributed by atoms with Crippen LogP contribution in [0, 0.1) is 0 Å². The van der Waals surface area contributed by atoms with Gasteiger partial charge in [-0.1, -0.05) is 115 Å². The molecule has 8 aromatic rings. The van der Waals surface area contributed by atoms with Crippen molar-refractivity contribution >= 4 is 49.8 Å². The van der Waals surface area contributed by atoms with Crippen molar-refractivity contribution in [2.75, 3.05) is 4.90 Å². The van der Waals surface area contributed by atoms with Crippen molar-refractivity contribution in [1.82, 2.24) is 0 Å². The summed E-state index contributed by atoms with van der Waals surface area (Å²) in [5.41, 5.74) is 9.92. The maximum atomic E-state index is 6.18. The predicted molar refractivity (Wildman–Crippen MR) is 177 cm³/mol. The number of rotatable bonds is 5. The maximum absolute atomic E-state index is 6.18. The first-order valence-electron chi connectivity index (χ1n) is 14.3. The fraction of sp³-hybridized carbons (Fsp3) is 0. The lowest BCUT2D eigenvalue weighted by Crippen LogP contribution is -2.11. The number of hydrogen-bond acceptors (Lipinski definition) is 2. The Kier molecular flexibility index (Phi) is 5.82. The highest BCUT2D eigenvalue weighted by atomic mass is 16.3. The summed E-state index contributed by atoms with van der Waals surface area (Å²) in [6.45, 7) is 0. The fourth-order valence-electron chi connectivity index (χ4n) is 6.07. The van der Waals surface area contributed by atoms with Gasteiger partial charge in [0.2, 0.25) is 0 Å². The molecule has 0 aliphatic carbocycles. The summed E-state index contributed by atoms with van der Waals surface area (Å²) < 4.78 is 6.18. The van der Waals surface area contributed by atoms with E-state index in [-0.39, 0.29) is 0 Å². The average molecular weight is 538 g/mol. The summed E-state index contributed by atoms with van der Waals surface area (Å²) in [5, 5.41) is 4.68. The molecule has 7 aromatic carbocycles. The van der Waals surface area contributed by atoms with Crippen LogP contribution in [0.1, 0.15) is 0 Å². The monoisotopic (exact) mass is 537 g/mol. The van der Waals surface area contributed by atoms with Gasteiger partial charge in [0, 0.05) is 27.7 Å². The van der Waals surface area contributed by atoms with Gasteiger partial charge in [0.1, 0.15) is 11.2 Å². The van der Waals surface area contributed by atoms with Gasteiger partial charge in [-0.2, -0.15) is 0 Å². The van der Waals surface area contributed by atoms with Gasteiger partial charge in [-0.15, -0.1) is 0 Å². The molecule has 2 nitrogen and oxygen atoms in total. The molecule has 0 saturated heterocycles. The van der Waals surface area contributed by atoms with Gasteiger partial charge in [-0.05, 0) is 76.0 Å². The van der Waals surface area contributed by atoms with E-state index in [1.165, 1.54) is 33.0 Å². The topological polar surface area (TPSA) is 16.4 Å². The Bertz CT molecular complexity index is 2180. The highest BCUT2D eigenvalue weighted by molar-refractivity contribution is 6.19. The molecule has 2 heteroatoms. The third-order valence-electron chi connectivity index (χ3n) is 8.04. The zero-order valence-electron chi connectivity index (χ0n) is 22.9. The van der Waals surface area contributed by atoms with Crippen molar-refractivity contribution in [2.24, 2.45) is 0 Å². The lowest BCUT2D eigenvalue weighted by molar-refractivity contribution is 0.669. The Morgan fingerprint density at radius 2 is 1.10 bits per heavy atom. The number of anilines is 3. The lowest BCUT2D eigenvalue weighted by atomic mass is 9.96. The normalized spacial score (nSPS) is 11.3. The molecule has 1 heterocycles. The Hall–Kier alpha value is -5.60. The first-order chi connectivity index (χ1) is 20.8.